The third-order valence-corrected chi connectivity index (χ3v) is 5.59. The number of hydrogen-bond donors (Lipinski definition) is 1. The number of nitrogens with one attached hydrogen (secondary N) is 1. The van der Waals surface area contributed by atoms with Gasteiger partial charge < -0.3 is 15.0 Å². The molecule has 2 amide bonds. The van der Waals surface area contributed by atoms with Gasteiger partial charge in [0.25, 0.3) is 11.8 Å². The fraction of sp³-hybridized carbons (Fsp3) is 0.200. The van der Waals surface area contributed by atoms with E-state index in [1.165, 1.54) is 0 Å². The number of fused-ring (bicyclic) bond motifs is 1. The van der Waals surface area contributed by atoms with Crippen LogP contribution < -0.4 is 15.0 Å². The van der Waals surface area contributed by atoms with Crippen LogP contribution in [0.25, 0.3) is 0 Å². The molecular weight excluding hydrogens is 412 g/mol. The van der Waals surface area contributed by atoms with Crippen molar-refractivity contribution in [1.29, 1.82) is 0 Å². The highest BCUT2D eigenvalue weighted by molar-refractivity contribution is 6.31. The molecule has 1 aliphatic rings. The number of amides is 2. The Kier molecular flexibility index (Phi) is 5.70. The van der Waals surface area contributed by atoms with E-state index < -0.39 is 5.60 Å². The van der Waals surface area contributed by atoms with Gasteiger partial charge in [0.2, 0.25) is 0 Å². The molecule has 5 nitrogen and oxygen atoms in total. The van der Waals surface area contributed by atoms with E-state index in [-0.39, 0.29) is 18.4 Å². The Morgan fingerprint density at radius 1 is 1.03 bits per heavy atom. The lowest BCUT2D eigenvalue weighted by Crippen LogP contribution is -2.52. The van der Waals surface area contributed by atoms with E-state index in [4.69, 9.17) is 16.3 Å². The number of benzene rings is 3. The third-order valence-electron chi connectivity index (χ3n) is 5.22. The molecule has 4 rings (SSSR count). The van der Waals surface area contributed by atoms with Crippen molar-refractivity contribution in [2.24, 2.45) is 0 Å². The SMILES string of the molecule is CC1(C)Oc2ccc(C(=O)NCc3ccccc3)cc2N(Cc2ccccc2Cl)C1=O. The molecule has 0 atom stereocenters. The highest BCUT2D eigenvalue weighted by Gasteiger charge is 2.41. The van der Waals surface area contributed by atoms with Crippen molar-refractivity contribution in [3.05, 3.63) is 94.5 Å². The van der Waals surface area contributed by atoms with Crippen molar-refractivity contribution in [2.45, 2.75) is 32.5 Å². The summed E-state index contributed by atoms with van der Waals surface area (Å²) in [6.45, 7) is 4.17. The second kappa shape index (κ2) is 8.44. The van der Waals surface area contributed by atoms with E-state index >= 15 is 0 Å². The van der Waals surface area contributed by atoms with Gasteiger partial charge in [0.05, 0.1) is 12.2 Å². The number of anilines is 1. The van der Waals surface area contributed by atoms with Crippen LogP contribution in [0.3, 0.4) is 0 Å². The van der Waals surface area contributed by atoms with E-state index in [1.54, 1.807) is 43.0 Å². The first-order chi connectivity index (χ1) is 14.8. The largest absolute Gasteiger partial charge is 0.476 e. The lowest BCUT2D eigenvalue weighted by Gasteiger charge is -2.39. The minimum Gasteiger partial charge on any atom is -0.476 e. The number of nitrogens with zero attached hydrogens (tertiary/aromatic N) is 1. The molecule has 0 fully saturated rings. The number of rotatable bonds is 5. The molecule has 158 valence electrons. The molecule has 3 aromatic rings. The molecule has 0 aliphatic carbocycles. The highest BCUT2D eigenvalue weighted by Crippen LogP contribution is 2.39. The van der Waals surface area contributed by atoms with Gasteiger partial charge in [-0.1, -0.05) is 60.1 Å². The maximum atomic E-state index is 13.2. The first kappa shape index (κ1) is 20.9. The molecule has 0 aromatic heterocycles. The van der Waals surface area contributed by atoms with Crippen LogP contribution in [0.4, 0.5) is 5.69 Å². The first-order valence-electron chi connectivity index (χ1n) is 10.1. The van der Waals surface area contributed by atoms with Crippen LogP contribution in [0.1, 0.15) is 35.3 Å². The van der Waals surface area contributed by atoms with Crippen LogP contribution in [0.5, 0.6) is 5.75 Å². The molecular formula is C25H23ClN2O3. The van der Waals surface area contributed by atoms with Gasteiger partial charge in [-0.3, -0.25) is 9.59 Å². The zero-order valence-electron chi connectivity index (χ0n) is 17.4. The standard InChI is InChI=1S/C25H23ClN2O3/c1-25(2)24(30)28(16-19-10-6-7-11-20(19)26)21-14-18(12-13-22(21)31-25)23(29)27-15-17-8-4-3-5-9-17/h3-14H,15-16H2,1-2H3,(H,27,29). The topological polar surface area (TPSA) is 58.6 Å². The molecule has 0 saturated carbocycles. The molecule has 0 unspecified atom stereocenters. The van der Waals surface area contributed by atoms with E-state index in [0.717, 1.165) is 11.1 Å². The van der Waals surface area contributed by atoms with Crippen LogP contribution in [-0.4, -0.2) is 17.4 Å². The van der Waals surface area contributed by atoms with Gasteiger partial charge >= 0.3 is 0 Å². The Labute approximate surface area is 186 Å². The maximum Gasteiger partial charge on any atom is 0.271 e. The molecule has 1 aliphatic heterocycles. The van der Waals surface area contributed by atoms with E-state index in [9.17, 15) is 9.59 Å². The molecule has 6 heteroatoms. The molecule has 1 heterocycles. The van der Waals surface area contributed by atoms with Crippen LogP contribution in [0, 0.1) is 0 Å². The minimum absolute atomic E-state index is 0.193. The number of halogens is 1. The Morgan fingerprint density at radius 2 is 1.74 bits per heavy atom. The Morgan fingerprint density at radius 3 is 2.48 bits per heavy atom. The van der Waals surface area contributed by atoms with Crippen molar-refractivity contribution in [3.8, 4) is 5.75 Å². The summed E-state index contributed by atoms with van der Waals surface area (Å²) < 4.78 is 5.94. The Hall–Kier alpha value is -3.31. The van der Waals surface area contributed by atoms with E-state index in [1.807, 2.05) is 48.5 Å². The smallest absolute Gasteiger partial charge is 0.271 e. The lowest BCUT2D eigenvalue weighted by atomic mass is 10.0. The number of carbonyl (C=O) groups is 2. The summed E-state index contributed by atoms with van der Waals surface area (Å²) in [7, 11) is 0. The summed E-state index contributed by atoms with van der Waals surface area (Å²) >= 11 is 6.34. The molecule has 3 aromatic carbocycles. The molecule has 0 spiro atoms. The summed E-state index contributed by atoms with van der Waals surface area (Å²) in [5.41, 5.74) is 1.81. The van der Waals surface area contributed by atoms with Gasteiger partial charge in [-0.15, -0.1) is 0 Å². The zero-order chi connectivity index (χ0) is 22.0. The minimum atomic E-state index is -1.02. The van der Waals surface area contributed by atoms with Crippen molar-refractivity contribution < 1.29 is 14.3 Å². The van der Waals surface area contributed by atoms with Crippen LogP contribution >= 0.6 is 11.6 Å². The monoisotopic (exact) mass is 434 g/mol. The van der Waals surface area contributed by atoms with Crippen LogP contribution in [-0.2, 0) is 17.9 Å². The van der Waals surface area contributed by atoms with Crippen LogP contribution in [0.15, 0.2) is 72.8 Å². The molecule has 0 saturated heterocycles. The van der Waals surface area contributed by atoms with Gasteiger partial charge in [0, 0.05) is 17.1 Å². The first-order valence-corrected chi connectivity index (χ1v) is 10.4. The normalized spacial score (nSPS) is 14.5. The number of ether oxygens (including phenoxy) is 1. The summed E-state index contributed by atoms with van der Waals surface area (Å²) in [5, 5.41) is 3.50. The van der Waals surface area contributed by atoms with E-state index in [2.05, 4.69) is 5.32 Å². The fourth-order valence-electron chi connectivity index (χ4n) is 3.54. The van der Waals surface area contributed by atoms with Crippen molar-refractivity contribution in [2.75, 3.05) is 4.90 Å². The predicted octanol–water partition coefficient (Wildman–Crippen LogP) is 4.97. The summed E-state index contributed by atoms with van der Waals surface area (Å²) in [6.07, 6.45) is 0. The molecule has 0 bridgehead atoms. The van der Waals surface area contributed by atoms with Gasteiger partial charge in [-0.05, 0) is 49.2 Å². The molecule has 31 heavy (non-hydrogen) atoms. The molecule has 1 N–H and O–H groups in total. The molecule has 0 radical (unpaired) electrons. The number of carbonyl (C=O) groups excluding carboxylic acids is 2. The van der Waals surface area contributed by atoms with Crippen molar-refractivity contribution in [3.63, 3.8) is 0 Å². The fourth-order valence-corrected chi connectivity index (χ4v) is 3.74. The summed E-state index contributed by atoms with van der Waals surface area (Å²) in [5.74, 6) is 0.139. The van der Waals surface area contributed by atoms with Crippen molar-refractivity contribution in [1.82, 2.24) is 5.32 Å². The van der Waals surface area contributed by atoms with Gasteiger partial charge in [-0.25, -0.2) is 0 Å². The van der Waals surface area contributed by atoms with E-state index in [0.29, 0.717) is 28.6 Å². The lowest BCUT2D eigenvalue weighted by molar-refractivity contribution is -0.132. The second-order valence-electron chi connectivity index (χ2n) is 7.95. The predicted molar refractivity (Wildman–Crippen MR) is 121 cm³/mol. The van der Waals surface area contributed by atoms with Gasteiger partial charge in [0.1, 0.15) is 5.75 Å². The Bertz CT molecular complexity index is 1130. The number of hydrogen-bond acceptors (Lipinski definition) is 3. The maximum absolute atomic E-state index is 13.2. The quantitative estimate of drug-likeness (QED) is 0.616. The summed E-state index contributed by atoms with van der Waals surface area (Å²) in [6, 6.07) is 22.2. The highest BCUT2D eigenvalue weighted by atomic mass is 35.5. The average molecular weight is 435 g/mol. The second-order valence-corrected chi connectivity index (χ2v) is 8.35. The average Bonchev–Trinajstić information content (AvgIpc) is 2.77. The third kappa shape index (κ3) is 4.42. The van der Waals surface area contributed by atoms with Crippen LogP contribution in [0.2, 0.25) is 5.02 Å². The zero-order valence-corrected chi connectivity index (χ0v) is 18.1. The Balaban J connectivity index is 1.63. The van der Waals surface area contributed by atoms with Gasteiger partial charge in [0.15, 0.2) is 5.60 Å². The van der Waals surface area contributed by atoms with Gasteiger partial charge in [-0.2, -0.15) is 0 Å². The summed E-state index contributed by atoms with van der Waals surface area (Å²) in [4.78, 5) is 27.6. The van der Waals surface area contributed by atoms with Crippen molar-refractivity contribution >= 4 is 29.1 Å².